The summed E-state index contributed by atoms with van der Waals surface area (Å²) in [5.74, 6) is -0.352. The fourth-order valence-corrected chi connectivity index (χ4v) is 2.88. The first kappa shape index (κ1) is 15.4. The lowest BCUT2D eigenvalue weighted by Gasteiger charge is -2.23. The van der Waals surface area contributed by atoms with Crippen LogP contribution in [0.3, 0.4) is 0 Å². The molecule has 3 rings (SSSR count). The monoisotopic (exact) mass is 316 g/mol. The Morgan fingerprint density at radius 3 is 2.78 bits per heavy atom. The zero-order valence-electron chi connectivity index (χ0n) is 13.2. The van der Waals surface area contributed by atoms with Gasteiger partial charge in [-0.25, -0.2) is 0 Å². The van der Waals surface area contributed by atoms with Gasteiger partial charge in [0.1, 0.15) is 11.0 Å². The van der Waals surface area contributed by atoms with Gasteiger partial charge in [0, 0.05) is 38.8 Å². The summed E-state index contributed by atoms with van der Waals surface area (Å²) >= 11 is 0. The zero-order chi connectivity index (χ0) is 16.4. The fraction of sp³-hybridized carbons (Fsp3) is 0.467. The Morgan fingerprint density at radius 1 is 1.22 bits per heavy atom. The van der Waals surface area contributed by atoms with Crippen LogP contribution in [0.15, 0.2) is 18.2 Å². The number of hydrogen-bond acceptors (Lipinski definition) is 5. The molecular weight excluding hydrogens is 296 g/mol. The summed E-state index contributed by atoms with van der Waals surface area (Å²) in [5, 5.41) is 13.2. The molecule has 1 aliphatic rings. The highest BCUT2D eigenvalue weighted by atomic mass is 16.2. The lowest BCUT2D eigenvalue weighted by atomic mass is 10.1. The number of aromatic amines is 1. The maximum Gasteiger partial charge on any atom is 0.254 e. The van der Waals surface area contributed by atoms with Crippen LogP contribution in [0.4, 0.5) is 0 Å². The molecule has 1 fully saturated rings. The maximum absolute atomic E-state index is 12.8. The van der Waals surface area contributed by atoms with Crippen LogP contribution in [0.25, 0.3) is 11.0 Å². The van der Waals surface area contributed by atoms with E-state index in [0.29, 0.717) is 30.7 Å². The molecule has 0 spiro atoms. The molecule has 1 saturated heterocycles. The van der Waals surface area contributed by atoms with Crippen LogP contribution in [-0.2, 0) is 4.79 Å². The van der Waals surface area contributed by atoms with E-state index in [1.54, 1.807) is 30.1 Å². The lowest BCUT2D eigenvalue weighted by molar-refractivity contribution is -0.125. The number of nitrogens with one attached hydrogen (secondary N) is 2. The van der Waals surface area contributed by atoms with Crippen molar-refractivity contribution in [3.05, 3.63) is 23.8 Å². The summed E-state index contributed by atoms with van der Waals surface area (Å²) in [6.07, 6.45) is 0. The van der Waals surface area contributed by atoms with E-state index in [0.717, 1.165) is 12.1 Å². The third-order valence-corrected chi connectivity index (χ3v) is 4.19. The number of aromatic nitrogens is 3. The Labute approximate surface area is 133 Å². The minimum atomic E-state index is -0.229. The quantitative estimate of drug-likeness (QED) is 0.794. The molecule has 122 valence electrons. The first-order chi connectivity index (χ1) is 11.1. The molecule has 2 heterocycles. The third kappa shape index (κ3) is 3.16. The van der Waals surface area contributed by atoms with E-state index in [-0.39, 0.29) is 17.7 Å². The van der Waals surface area contributed by atoms with Crippen molar-refractivity contribution >= 4 is 22.8 Å². The standard InChI is InChI=1S/C15H20N6O2/c1-16-14(22)11-8-20(2)5-6-21(9-11)15(23)10-3-4-12-13(7-10)18-19-17-12/h3-4,7,11H,5-6,8-9H2,1-2H3,(H,16,22)(H,17,18,19)/t11-/m0/s1. The Hall–Kier alpha value is -2.48. The van der Waals surface area contributed by atoms with Crippen LogP contribution in [-0.4, -0.2) is 77.3 Å². The predicted molar refractivity (Wildman–Crippen MR) is 84.8 cm³/mol. The highest BCUT2D eigenvalue weighted by molar-refractivity contribution is 5.97. The smallest absolute Gasteiger partial charge is 0.254 e. The summed E-state index contributed by atoms with van der Waals surface area (Å²) in [6, 6.07) is 5.24. The number of fused-ring (bicyclic) bond motifs is 1. The van der Waals surface area contributed by atoms with Crippen LogP contribution in [0.2, 0.25) is 0 Å². The molecule has 0 saturated carbocycles. The number of rotatable bonds is 2. The highest BCUT2D eigenvalue weighted by Crippen LogP contribution is 2.16. The number of H-pyrrole nitrogens is 1. The maximum atomic E-state index is 12.8. The zero-order valence-corrected chi connectivity index (χ0v) is 13.2. The molecule has 1 aromatic carbocycles. The second-order valence-electron chi connectivity index (χ2n) is 5.85. The highest BCUT2D eigenvalue weighted by Gasteiger charge is 2.29. The van der Waals surface area contributed by atoms with Crippen molar-refractivity contribution in [2.75, 3.05) is 40.3 Å². The molecular formula is C15H20N6O2. The molecule has 0 bridgehead atoms. The summed E-state index contributed by atoms with van der Waals surface area (Å²) in [4.78, 5) is 28.6. The van der Waals surface area contributed by atoms with Gasteiger partial charge in [0.05, 0.1) is 5.92 Å². The van der Waals surface area contributed by atoms with Crippen molar-refractivity contribution in [2.24, 2.45) is 5.92 Å². The van der Waals surface area contributed by atoms with Crippen molar-refractivity contribution in [1.82, 2.24) is 30.5 Å². The van der Waals surface area contributed by atoms with Crippen molar-refractivity contribution < 1.29 is 9.59 Å². The first-order valence-corrected chi connectivity index (χ1v) is 7.58. The molecule has 8 nitrogen and oxygen atoms in total. The van der Waals surface area contributed by atoms with E-state index >= 15 is 0 Å². The molecule has 2 amide bonds. The van der Waals surface area contributed by atoms with Crippen molar-refractivity contribution in [1.29, 1.82) is 0 Å². The summed E-state index contributed by atoms with van der Waals surface area (Å²) in [5.41, 5.74) is 1.94. The van der Waals surface area contributed by atoms with Crippen molar-refractivity contribution in [2.45, 2.75) is 0 Å². The first-order valence-electron chi connectivity index (χ1n) is 7.58. The van der Waals surface area contributed by atoms with Gasteiger partial charge in [-0.1, -0.05) is 0 Å². The van der Waals surface area contributed by atoms with E-state index in [1.165, 1.54) is 0 Å². The van der Waals surface area contributed by atoms with E-state index < -0.39 is 0 Å². The molecule has 2 N–H and O–H groups in total. The fourth-order valence-electron chi connectivity index (χ4n) is 2.88. The number of nitrogens with zero attached hydrogens (tertiary/aromatic N) is 4. The molecule has 23 heavy (non-hydrogen) atoms. The van der Waals surface area contributed by atoms with Crippen molar-refractivity contribution in [3.63, 3.8) is 0 Å². The molecule has 8 heteroatoms. The van der Waals surface area contributed by atoms with Crippen LogP contribution >= 0.6 is 0 Å². The van der Waals surface area contributed by atoms with Crippen LogP contribution in [0.5, 0.6) is 0 Å². The van der Waals surface area contributed by atoms with E-state index in [1.807, 2.05) is 7.05 Å². The molecule has 1 aliphatic heterocycles. The molecule has 0 aliphatic carbocycles. The molecule has 1 atom stereocenters. The minimum absolute atomic E-state index is 0.0384. The van der Waals surface area contributed by atoms with Crippen molar-refractivity contribution in [3.8, 4) is 0 Å². The summed E-state index contributed by atoms with van der Waals surface area (Å²) < 4.78 is 0. The molecule has 1 aromatic heterocycles. The number of carbonyl (C=O) groups excluding carboxylic acids is 2. The average molecular weight is 316 g/mol. The second-order valence-corrected chi connectivity index (χ2v) is 5.85. The number of hydrogen-bond donors (Lipinski definition) is 2. The van der Waals surface area contributed by atoms with Crippen LogP contribution < -0.4 is 5.32 Å². The lowest BCUT2D eigenvalue weighted by Crippen LogP contribution is -2.41. The predicted octanol–water partition coefficient (Wildman–Crippen LogP) is -0.292. The van der Waals surface area contributed by atoms with E-state index in [4.69, 9.17) is 0 Å². The van der Waals surface area contributed by atoms with E-state index in [9.17, 15) is 9.59 Å². The molecule has 0 radical (unpaired) electrons. The van der Waals surface area contributed by atoms with Gasteiger partial charge in [-0.3, -0.25) is 9.59 Å². The van der Waals surface area contributed by atoms with Gasteiger partial charge < -0.3 is 15.1 Å². The van der Waals surface area contributed by atoms with Gasteiger partial charge in [-0.05, 0) is 25.2 Å². The Kier molecular flexibility index (Phi) is 4.24. The average Bonchev–Trinajstić information content (AvgIpc) is 2.94. The number of amides is 2. The normalized spacial score (nSPS) is 19.6. The van der Waals surface area contributed by atoms with E-state index in [2.05, 4.69) is 25.6 Å². The molecule has 0 unspecified atom stereocenters. The van der Waals surface area contributed by atoms with Gasteiger partial charge in [-0.2, -0.15) is 15.4 Å². The van der Waals surface area contributed by atoms with Gasteiger partial charge >= 0.3 is 0 Å². The number of carbonyl (C=O) groups is 2. The summed E-state index contributed by atoms with van der Waals surface area (Å²) in [6.45, 7) is 2.40. The Bertz CT molecular complexity index is 728. The van der Waals surface area contributed by atoms with Crippen LogP contribution in [0, 0.1) is 5.92 Å². The Morgan fingerprint density at radius 2 is 2.00 bits per heavy atom. The van der Waals surface area contributed by atoms with Gasteiger partial charge in [0.15, 0.2) is 0 Å². The van der Waals surface area contributed by atoms with Gasteiger partial charge in [0.2, 0.25) is 5.91 Å². The minimum Gasteiger partial charge on any atom is -0.359 e. The Balaban J connectivity index is 1.83. The van der Waals surface area contributed by atoms with Gasteiger partial charge in [0.25, 0.3) is 5.91 Å². The topological polar surface area (TPSA) is 94.2 Å². The largest absolute Gasteiger partial charge is 0.359 e. The number of likely N-dealkylation sites (N-methyl/N-ethyl adjacent to an activating group) is 1. The third-order valence-electron chi connectivity index (χ3n) is 4.19. The molecule has 2 aromatic rings. The number of benzene rings is 1. The van der Waals surface area contributed by atoms with Crippen LogP contribution in [0.1, 0.15) is 10.4 Å². The summed E-state index contributed by atoms with van der Waals surface area (Å²) in [7, 11) is 3.59. The SMILES string of the molecule is CNC(=O)[C@H]1CN(C)CCN(C(=O)c2ccc3n[nH]nc3c2)C1. The second kappa shape index (κ2) is 6.33. The van der Waals surface area contributed by atoms with Gasteiger partial charge in [-0.15, -0.1) is 0 Å².